The average molecular weight is 362 g/mol. The fraction of sp³-hybridized carbons (Fsp3) is 0.0476. The summed E-state index contributed by atoms with van der Waals surface area (Å²) in [6, 6.07) is 22.9. The van der Waals surface area contributed by atoms with Gasteiger partial charge in [0.1, 0.15) is 17.2 Å². The molecule has 0 aliphatic rings. The smallest absolute Gasteiger partial charge is 0.262 e. The van der Waals surface area contributed by atoms with Crippen LogP contribution in [0.1, 0.15) is 10.4 Å². The quantitative estimate of drug-likeness (QED) is 0.672. The molecule has 3 aromatic carbocycles. The first-order valence-corrected chi connectivity index (χ1v) is 8.26. The number of hydrogen-bond acceptors (Lipinski definition) is 4. The number of rotatable bonds is 7. The first-order valence-electron chi connectivity index (χ1n) is 8.26. The molecule has 0 bridgehead atoms. The molecule has 0 aliphatic heterocycles. The molecule has 0 aromatic heterocycles. The van der Waals surface area contributed by atoms with Crippen LogP contribution in [0, 0.1) is 0 Å². The van der Waals surface area contributed by atoms with Gasteiger partial charge in [0.2, 0.25) is 0 Å². The largest absolute Gasteiger partial charge is 0.483 e. The molecule has 3 N–H and O–H groups in total. The Labute approximate surface area is 156 Å². The van der Waals surface area contributed by atoms with Crippen LogP contribution in [0.4, 0.5) is 5.69 Å². The van der Waals surface area contributed by atoms with Crippen molar-refractivity contribution in [3.8, 4) is 17.2 Å². The van der Waals surface area contributed by atoms with E-state index in [1.54, 1.807) is 48.5 Å². The molecule has 0 spiro atoms. The lowest BCUT2D eigenvalue weighted by Gasteiger charge is -2.11. The Morgan fingerprint density at radius 1 is 0.852 bits per heavy atom. The van der Waals surface area contributed by atoms with Gasteiger partial charge < -0.3 is 20.5 Å². The first-order chi connectivity index (χ1) is 13.1. The number of carbonyl (C=O) groups is 2. The SMILES string of the molecule is NC(=O)c1ccccc1OCC(=O)Nc1cccc(Oc2ccccc2)c1. The summed E-state index contributed by atoms with van der Waals surface area (Å²) in [7, 11) is 0. The highest BCUT2D eigenvalue weighted by Gasteiger charge is 2.11. The van der Waals surface area contributed by atoms with E-state index >= 15 is 0 Å². The summed E-state index contributed by atoms with van der Waals surface area (Å²) in [5.41, 5.74) is 6.09. The second-order valence-corrected chi connectivity index (χ2v) is 5.64. The van der Waals surface area contributed by atoms with Crippen LogP contribution in [-0.4, -0.2) is 18.4 Å². The van der Waals surface area contributed by atoms with Crippen molar-refractivity contribution in [3.63, 3.8) is 0 Å². The summed E-state index contributed by atoms with van der Waals surface area (Å²) >= 11 is 0. The number of carbonyl (C=O) groups excluding carboxylic acids is 2. The molecule has 0 unspecified atom stereocenters. The Hall–Kier alpha value is -3.80. The third-order valence-electron chi connectivity index (χ3n) is 3.61. The van der Waals surface area contributed by atoms with E-state index in [4.69, 9.17) is 15.2 Å². The molecule has 0 saturated carbocycles. The van der Waals surface area contributed by atoms with Gasteiger partial charge in [0.05, 0.1) is 5.56 Å². The molecule has 0 radical (unpaired) electrons. The number of amides is 2. The van der Waals surface area contributed by atoms with Gasteiger partial charge in [-0.25, -0.2) is 0 Å². The Bertz CT molecular complexity index is 942. The van der Waals surface area contributed by atoms with E-state index in [0.29, 0.717) is 17.2 Å². The maximum Gasteiger partial charge on any atom is 0.262 e. The topological polar surface area (TPSA) is 90.7 Å². The predicted octanol–water partition coefficient (Wildman–Crippen LogP) is 3.60. The maximum atomic E-state index is 12.1. The summed E-state index contributed by atoms with van der Waals surface area (Å²) in [6.45, 7) is -0.256. The van der Waals surface area contributed by atoms with E-state index in [1.807, 2.05) is 30.3 Å². The molecule has 0 aliphatic carbocycles. The molecule has 6 heteroatoms. The van der Waals surface area contributed by atoms with Gasteiger partial charge in [0, 0.05) is 11.8 Å². The Kier molecular flexibility index (Phi) is 5.69. The number of benzene rings is 3. The molecule has 3 aromatic rings. The van der Waals surface area contributed by atoms with Crippen LogP contribution in [0.3, 0.4) is 0 Å². The molecule has 3 rings (SSSR count). The van der Waals surface area contributed by atoms with Crippen LogP contribution in [0.25, 0.3) is 0 Å². The minimum atomic E-state index is -0.614. The summed E-state index contributed by atoms with van der Waals surface area (Å²) < 4.78 is 11.2. The molecular weight excluding hydrogens is 344 g/mol. The van der Waals surface area contributed by atoms with Crippen LogP contribution < -0.4 is 20.5 Å². The molecule has 0 heterocycles. The van der Waals surface area contributed by atoms with Crippen molar-refractivity contribution in [2.45, 2.75) is 0 Å². The number of nitrogens with one attached hydrogen (secondary N) is 1. The summed E-state index contributed by atoms with van der Waals surface area (Å²) in [5.74, 6) is 0.579. The van der Waals surface area contributed by atoms with E-state index < -0.39 is 5.91 Å². The standard InChI is InChI=1S/C21H18N2O4/c22-21(25)18-11-4-5-12-19(18)26-14-20(24)23-15-7-6-10-17(13-15)27-16-8-2-1-3-9-16/h1-13H,14H2,(H2,22,25)(H,23,24). The first kappa shape index (κ1) is 18.0. The fourth-order valence-corrected chi connectivity index (χ4v) is 2.40. The fourth-order valence-electron chi connectivity index (χ4n) is 2.40. The second kappa shape index (κ2) is 8.53. The van der Waals surface area contributed by atoms with Gasteiger partial charge in [0.25, 0.3) is 11.8 Å². The molecule has 27 heavy (non-hydrogen) atoms. The summed E-state index contributed by atoms with van der Waals surface area (Å²) in [5, 5.41) is 2.73. The van der Waals surface area contributed by atoms with Gasteiger partial charge in [0.15, 0.2) is 6.61 Å². The van der Waals surface area contributed by atoms with Gasteiger partial charge in [-0.1, -0.05) is 36.4 Å². The van der Waals surface area contributed by atoms with Gasteiger partial charge in [-0.3, -0.25) is 9.59 Å². The van der Waals surface area contributed by atoms with Crippen LogP contribution >= 0.6 is 0 Å². The third-order valence-corrected chi connectivity index (χ3v) is 3.61. The van der Waals surface area contributed by atoms with Gasteiger partial charge >= 0.3 is 0 Å². The normalized spacial score (nSPS) is 10.1. The molecule has 2 amide bonds. The Morgan fingerprint density at radius 3 is 2.33 bits per heavy atom. The molecular formula is C21H18N2O4. The van der Waals surface area contributed by atoms with Crippen molar-refractivity contribution < 1.29 is 19.1 Å². The van der Waals surface area contributed by atoms with Crippen LogP contribution in [-0.2, 0) is 4.79 Å². The molecule has 0 atom stereocenters. The third kappa shape index (κ3) is 5.09. The summed E-state index contributed by atoms with van der Waals surface area (Å²) in [6.07, 6.45) is 0. The van der Waals surface area contributed by atoms with Crippen molar-refractivity contribution in [2.75, 3.05) is 11.9 Å². The molecule has 136 valence electrons. The van der Waals surface area contributed by atoms with Gasteiger partial charge in [-0.15, -0.1) is 0 Å². The second-order valence-electron chi connectivity index (χ2n) is 5.64. The highest BCUT2D eigenvalue weighted by Crippen LogP contribution is 2.24. The average Bonchev–Trinajstić information content (AvgIpc) is 2.67. The van der Waals surface area contributed by atoms with Crippen molar-refractivity contribution in [3.05, 3.63) is 84.4 Å². The number of ether oxygens (including phenoxy) is 2. The van der Waals surface area contributed by atoms with Crippen LogP contribution in [0.15, 0.2) is 78.9 Å². The lowest BCUT2D eigenvalue weighted by atomic mass is 10.2. The molecule has 0 fully saturated rings. The maximum absolute atomic E-state index is 12.1. The van der Waals surface area contributed by atoms with Crippen molar-refractivity contribution in [1.29, 1.82) is 0 Å². The lowest BCUT2D eigenvalue weighted by Crippen LogP contribution is -2.21. The minimum Gasteiger partial charge on any atom is -0.483 e. The zero-order chi connectivity index (χ0) is 19.1. The zero-order valence-corrected chi connectivity index (χ0v) is 14.4. The van der Waals surface area contributed by atoms with Crippen molar-refractivity contribution in [1.82, 2.24) is 0 Å². The summed E-state index contributed by atoms with van der Waals surface area (Å²) in [4.78, 5) is 23.5. The van der Waals surface area contributed by atoms with E-state index in [0.717, 1.165) is 0 Å². The van der Waals surface area contributed by atoms with Crippen molar-refractivity contribution >= 4 is 17.5 Å². The Balaban J connectivity index is 1.60. The lowest BCUT2D eigenvalue weighted by molar-refractivity contribution is -0.118. The van der Waals surface area contributed by atoms with Crippen LogP contribution in [0.5, 0.6) is 17.2 Å². The number of hydrogen-bond donors (Lipinski definition) is 2. The number of primary amides is 1. The van der Waals surface area contributed by atoms with E-state index in [-0.39, 0.29) is 23.8 Å². The van der Waals surface area contributed by atoms with Gasteiger partial charge in [-0.05, 0) is 36.4 Å². The molecule has 6 nitrogen and oxygen atoms in total. The van der Waals surface area contributed by atoms with Gasteiger partial charge in [-0.2, -0.15) is 0 Å². The van der Waals surface area contributed by atoms with Crippen LogP contribution in [0.2, 0.25) is 0 Å². The highest BCUT2D eigenvalue weighted by molar-refractivity contribution is 5.96. The van der Waals surface area contributed by atoms with E-state index in [9.17, 15) is 9.59 Å². The molecule has 0 saturated heterocycles. The predicted molar refractivity (Wildman–Crippen MR) is 102 cm³/mol. The zero-order valence-electron chi connectivity index (χ0n) is 14.4. The Morgan fingerprint density at radius 2 is 1.56 bits per heavy atom. The van der Waals surface area contributed by atoms with E-state index in [2.05, 4.69) is 5.32 Å². The van der Waals surface area contributed by atoms with Crippen molar-refractivity contribution in [2.24, 2.45) is 5.73 Å². The number of nitrogens with two attached hydrogens (primary N) is 1. The minimum absolute atomic E-state index is 0.226. The monoisotopic (exact) mass is 362 g/mol. The van der Waals surface area contributed by atoms with E-state index in [1.165, 1.54) is 0 Å². The number of anilines is 1. The number of para-hydroxylation sites is 2. The highest BCUT2D eigenvalue weighted by atomic mass is 16.5.